The number of benzene rings is 2. The van der Waals surface area contributed by atoms with Gasteiger partial charge in [0, 0.05) is 30.3 Å². The molecule has 144 valence electrons. The van der Waals surface area contributed by atoms with Gasteiger partial charge in [0.2, 0.25) is 0 Å². The van der Waals surface area contributed by atoms with Crippen molar-refractivity contribution in [3.8, 4) is 0 Å². The molecular formula is C20H20N4O3S. The Kier molecular flexibility index (Phi) is 5.90. The van der Waals surface area contributed by atoms with Gasteiger partial charge in [-0.1, -0.05) is 17.7 Å². The normalized spacial score (nSPS) is 10.9. The van der Waals surface area contributed by atoms with Crippen LogP contribution in [0.25, 0.3) is 0 Å². The van der Waals surface area contributed by atoms with Crippen LogP contribution in [0.2, 0.25) is 0 Å². The summed E-state index contributed by atoms with van der Waals surface area (Å²) in [5, 5.41) is 5.39. The van der Waals surface area contributed by atoms with E-state index >= 15 is 0 Å². The lowest BCUT2D eigenvalue weighted by atomic mass is 10.2. The summed E-state index contributed by atoms with van der Waals surface area (Å²) in [6.07, 6.45) is 3.30. The highest BCUT2D eigenvalue weighted by atomic mass is 32.2. The molecule has 2 amide bonds. The zero-order valence-electron chi connectivity index (χ0n) is 15.2. The number of amides is 2. The first-order valence-corrected chi connectivity index (χ1v) is 10.0. The van der Waals surface area contributed by atoms with E-state index in [1.165, 1.54) is 24.3 Å². The van der Waals surface area contributed by atoms with Gasteiger partial charge in [-0.05, 0) is 61.0 Å². The number of nitrogens with one attached hydrogen (secondary N) is 3. The van der Waals surface area contributed by atoms with E-state index in [1.807, 2.05) is 19.1 Å². The van der Waals surface area contributed by atoms with Crippen LogP contribution in [-0.4, -0.2) is 19.4 Å². The molecule has 0 radical (unpaired) electrons. The van der Waals surface area contributed by atoms with Crippen molar-refractivity contribution in [2.75, 3.05) is 10.0 Å². The fourth-order valence-corrected chi connectivity index (χ4v) is 3.47. The van der Waals surface area contributed by atoms with Crippen LogP contribution >= 0.6 is 0 Å². The van der Waals surface area contributed by atoms with Crippen LogP contribution in [0.5, 0.6) is 0 Å². The second-order valence-corrected chi connectivity index (χ2v) is 7.84. The standard InChI is InChI=1S/C20H20N4O3S/c1-15-2-4-18(5-3-15)24-28(26,27)19-8-6-17(7-9-19)23-20(25)22-14-16-10-12-21-13-11-16/h2-13,24H,14H2,1H3,(H2,22,23,25). The van der Waals surface area contributed by atoms with E-state index in [-0.39, 0.29) is 10.9 Å². The average Bonchev–Trinajstić information content (AvgIpc) is 2.69. The molecule has 7 nitrogen and oxygen atoms in total. The Morgan fingerprint density at radius 2 is 1.50 bits per heavy atom. The number of hydrogen-bond acceptors (Lipinski definition) is 4. The number of pyridine rings is 1. The van der Waals surface area contributed by atoms with Crippen LogP contribution in [0.3, 0.4) is 0 Å². The lowest BCUT2D eigenvalue weighted by Crippen LogP contribution is -2.28. The average molecular weight is 396 g/mol. The molecule has 0 saturated heterocycles. The van der Waals surface area contributed by atoms with Crippen LogP contribution in [0, 0.1) is 6.92 Å². The summed E-state index contributed by atoms with van der Waals surface area (Å²) in [7, 11) is -3.70. The first kappa shape index (κ1) is 19.4. The molecule has 1 heterocycles. The number of nitrogens with zero attached hydrogens (tertiary/aromatic N) is 1. The highest BCUT2D eigenvalue weighted by molar-refractivity contribution is 7.92. The lowest BCUT2D eigenvalue weighted by molar-refractivity contribution is 0.251. The van der Waals surface area contributed by atoms with Gasteiger partial charge in [-0.2, -0.15) is 0 Å². The van der Waals surface area contributed by atoms with Gasteiger partial charge >= 0.3 is 6.03 Å². The third-order valence-electron chi connectivity index (χ3n) is 3.93. The van der Waals surface area contributed by atoms with Crippen molar-refractivity contribution in [2.45, 2.75) is 18.4 Å². The summed E-state index contributed by atoms with van der Waals surface area (Å²) in [6, 6.07) is 16.2. The summed E-state index contributed by atoms with van der Waals surface area (Å²) >= 11 is 0. The molecule has 3 aromatic rings. The summed E-state index contributed by atoms with van der Waals surface area (Å²) < 4.78 is 27.5. The molecular weight excluding hydrogens is 376 g/mol. The molecule has 28 heavy (non-hydrogen) atoms. The molecule has 0 fully saturated rings. The number of carbonyl (C=O) groups is 1. The first-order chi connectivity index (χ1) is 13.4. The summed E-state index contributed by atoms with van der Waals surface area (Å²) in [6.45, 7) is 2.29. The highest BCUT2D eigenvalue weighted by Gasteiger charge is 2.14. The Labute approximate surface area is 163 Å². The Morgan fingerprint density at radius 1 is 0.893 bits per heavy atom. The van der Waals surface area contributed by atoms with Gasteiger partial charge in [0.25, 0.3) is 10.0 Å². The maximum absolute atomic E-state index is 12.5. The summed E-state index contributed by atoms with van der Waals surface area (Å²) in [5.74, 6) is 0. The Bertz CT molecular complexity index is 1040. The molecule has 0 aliphatic rings. The first-order valence-electron chi connectivity index (χ1n) is 8.56. The molecule has 0 unspecified atom stereocenters. The smallest absolute Gasteiger partial charge is 0.319 e. The van der Waals surface area contributed by atoms with E-state index in [0.717, 1.165) is 11.1 Å². The van der Waals surface area contributed by atoms with E-state index in [2.05, 4.69) is 20.3 Å². The molecule has 0 aliphatic carbocycles. The number of hydrogen-bond donors (Lipinski definition) is 3. The molecule has 0 atom stereocenters. The van der Waals surface area contributed by atoms with Gasteiger partial charge in [0.05, 0.1) is 4.90 Å². The van der Waals surface area contributed by atoms with Gasteiger partial charge in [0.15, 0.2) is 0 Å². The van der Waals surface area contributed by atoms with Crippen LogP contribution in [0.15, 0.2) is 78.0 Å². The lowest BCUT2D eigenvalue weighted by Gasteiger charge is -2.10. The molecule has 0 aliphatic heterocycles. The largest absolute Gasteiger partial charge is 0.334 e. The minimum atomic E-state index is -3.70. The molecule has 0 saturated carbocycles. The minimum Gasteiger partial charge on any atom is -0.334 e. The maximum atomic E-state index is 12.5. The van der Waals surface area contributed by atoms with Crippen molar-refractivity contribution in [2.24, 2.45) is 0 Å². The predicted octanol–water partition coefficient (Wildman–Crippen LogP) is 3.51. The van der Waals surface area contributed by atoms with E-state index < -0.39 is 10.0 Å². The van der Waals surface area contributed by atoms with Gasteiger partial charge in [0.1, 0.15) is 0 Å². The molecule has 1 aromatic heterocycles. The third-order valence-corrected chi connectivity index (χ3v) is 5.33. The van der Waals surface area contributed by atoms with E-state index in [0.29, 0.717) is 17.9 Å². The number of urea groups is 1. The van der Waals surface area contributed by atoms with Crippen molar-refractivity contribution in [3.05, 3.63) is 84.2 Å². The zero-order chi connectivity index (χ0) is 20.0. The molecule has 3 N–H and O–H groups in total. The van der Waals surface area contributed by atoms with E-state index in [4.69, 9.17) is 0 Å². The van der Waals surface area contributed by atoms with Crippen LogP contribution in [0.1, 0.15) is 11.1 Å². The predicted molar refractivity (Wildman–Crippen MR) is 109 cm³/mol. The molecule has 0 bridgehead atoms. The Hall–Kier alpha value is -3.39. The Morgan fingerprint density at radius 3 is 2.14 bits per heavy atom. The number of rotatable bonds is 6. The number of aromatic nitrogens is 1. The summed E-state index contributed by atoms with van der Waals surface area (Å²) in [5.41, 5.74) is 2.94. The fraction of sp³-hybridized carbons (Fsp3) is 0.100. The van der Waals surface area contributed by atoms with Gasteiger partial charge in [-0.25, -0.2) is 13.2 Å². The third kappa shape index (κ3) is 5.31. The van der Waals surface area contributed by atoms with Crippen molar-refractivity contribution >= 4 is 27.4 Å². The quantitative estimate of drug-likeness (QED) is 0.593. The van der Waals surface area contributed by atoms with E-state index in [1.54, 1.807) is 36.7 Å². The Balaban J connectivity index is 1.59. The van der Waals surface area contributed by atoms with Crippen LogP contribution in [0.4, 0.5) is 16.2 Å². The number of anilines is 2. The number of carbonyl (C=O) groups excluding carboxylic acids is 1. The monoisotopic (exact) mass is 396 g/mol. The maximum Gasteiger partial charge on any atom is 0.319 e. The zero-order valence-corrected chi connectivity index (χ0v) is 16.0. The topological polar surface area (TPSA) is 100 Å². The van der Waals surface area contributed by atoms with Gasteiger partial charge in [-0.3, -0.25) is 9.71 Å². The fourth-order valence-electron chi connectivity index (χ4n) is 2.41. The number of sulfonamides is 1. The molecule has 3 rings (SSSR count). The highest BCUT2D eigenvalue weighted by Crippen LogP contribution is 2.18. The second-order valence-electron chi connectivity index (χ2n) is 6.16. The molecule has 2 aromatic carbocycles. The molecule has 0 spiro atoms. The van der Waals surface area contributed by atoms with Crippen molar-refractivity contribution in [1.82, 2.24) is 10.3 Å². The van der Waals surface area contributed by atoms with Crippen molar-refractivity contribution in [1.29, 1.82) is 0 Å². The number of aryl methyl sites for hydroxylation is 1. The van der Waals surface area contributed by atoms with Crippen molar-refractivity contribution in [3.63, 3.8) is 0 Å². The van der Waals surface area contributed by atoms with Gasteiger partial charge in [-0.15, -0.1) is 0 Å². The minimum absolute atomic E-state index is 0.107. The van der Waals surface area contributed by atoms with E-state index in [9.17, 15) is 13.2 Å². The second kappa shape index (κ2) is 8.53. The van der Waals surface area contributed by atoms with Crippen molar-refractivity contribution < 1.29 is 13.2 Å². The van der Waals surface area contributed by atoms with Crippen LogP contribution < -0.4 is 15.4 Å². The van der Waals surface area contributed by atoms with Gasteiger partial charge < -0.3 is 10.6 Å². The van der Waals surface area contributed by atoms with Crippen LogP contribution in [-0.2, 0) is 16.6 Å². The summed E-state index contributed by atoms with van der Waals surface area (Å²) in [4.78, 5) is 16.0. The SMILES string of the molecule is Cc1ccc(NS(=O)(=O)c2ccc(NC(=O)NCc3ccncc3)cc2)cc1. The molecule has 8 heteroatoms.